The van der Waals surface area contributed by atoms with Crippen LogP contribution in [0.5, 0.6) is 11.5 Å². The molecule has 0 aliphatic carbocycles. The highest BCUT2D eigenvalue weighted by molar-refractivity contribution is 6.32. The van der Waals surface area contributed by atoms with E-state index in [0.29, 0.717) is 23.1 Å². The highest BCUT2D eigenvalue weighted by atomic mass is 35.5. The lowest BCUT2D eigenvalue weighted by atomic mass is 10.0. The molecule has 7 heteroatoms. The topological polar surface area (TPSA) is 50.8 Å². The fourth-order valence-electron chi connectivity index (χ4n) is 2.29. The van der Waals surface area contributed by atoms with E-state index in [0.717, 1.165) is 12.0 Å². The van der Waals surface area contributed by atoms with E-state index in [9.17, 15) is 4.79 Å². The van der Waals surface area contributed by atoms with Crippen LogP contribution in [0, 0.1) is 0 Å². The van der Waals surface area contributed by atoms with E-state index in [1.807, 2.05) is 37.4 Å². The van der Waals surface area contributed by atoms with E-state index < -0.39 is 6.09 Å². The molecular weight excluding hydrogens is 375 g/mol. The molecule has 0 saturated heterocycles. The molecule has 1 amide bonds. The maximum Gasteiger partial charge on any atom is 0.414 e. The lowest BCUT2D eigenvalue weighted by Gasteiger charge is -2.18. The number of para-hydroxylation sites is 1. The fourth-order valence-corrected chi connectivity index (χ4v) is 2.48. The average molecular weight is 399 g/mol. The number of rotatable bonds is 7. The number of hydrogen-bond acceptors (Lipinski definition) is 4. The Balaban J connectivity index is 0.00000338. The Hall–Kier alpha value is -1.95. The van der Waals surface area contributed by atoms with E-state index in [1.165, 1.54) is 4.90 Å². The van der Waals surface area contributed by atoms with Crippen LogP contribution in [0.25, 0.3) is 0 Å². The van der Waals surface area contributed by atoms with Crippen LogP contribution in [0.1, 0.15) is 18.0 Å². The first kappa shape index (κ1) is 22.1. The third-order valence-corrected chi connectivity index (χ3v) is 4.01. The summed E-state index contributed by atoms with van der Waals surface area (Å²) in [5.41, 5.74) is 1.09. The Labute approximate surface area is 165 Å². The predicted octanol–water partition coefficient (Wildman–Crippen LogP) is 4.55. The van der Waals surface area contributed by atoms with Crippen LogP contribution in [-0.4, -0.2) is 38.7 Å². The van der Waals surface area contributed by atoms with Crippen LogP contribution in [0.2, 0.25) is 5.02 Å². The zero-order valence-electron chi connectivity index (χ0n) is 15.1. The van der Waals surface area contributed by atoms with Crippen LogP contribution in [0.3, 0.4) is 0 Å². The van der Waals surface area contributed by atoms with Gasteiger partial charge in [-0.2, -0.15) is 0 Å². The third kappa shape index (κ3) is 6.41. The Morgan fingerprint density at radius 2 is 1.81 bits per heavy atom. The van der Waals surface area contributed by atoms with E-state index >= 15 is 0 Å². The Morgan fingerprint density at radius 3 is 2.38 bits per heavy atom. The molecule has 26 heavy (non-hydrogen) atoms. The summed E-state index contributed by atoms with van der Waals surface area (Å²) in [4.78, 5) is 12.9. The smallest absolute Gasteiger partial charge is 0.414 e. The summed E-state index contributed by atoms with van der Waals surface area (Å²) in [5.74, 6) is 1.20. The minimum atomic E-state index is -0.397. The van der Waals surface area contributed by atoms with Crippen LogP contribution in [0.15, 0.2) is 48.5 Å². The van der Waals surface area contributed by atoms with Gasteiger partial charge in [0.25, 0.3) is 0 Å². The number of nitrogens with zero attached hydrogens (tertiary/aromatic N) is 1. The van der Waals surface area contributed by atoms with Crippen molar-refractivity contribution in [3.63, 3.8) is 0 Å². The monoisotopic (exact) mass is 398 g/mol. The largest absolute Gasteiger partial charge is 0.492 e. The van der Waals surface area contributed by atoms with Gasteiger partial charge in [-0.05, 0) is 36.9 Å². The number of benzene rings is 2. The van der Waals surface area contributed by atoms with Crippen molar-refractivity contribution in [1.82, 2.24) is 10.2 Å². The summed E-state index contributed by atoms with van der Waals surface area (Å²) in [7, 11) is 5.19. The molecule has 0 aliphatic heterocycles. The van der Waals surface area contributed by atoms with Gasteiger partial charge < -0.3 is 19.7 Å². The van der Waals surface area contributed by atoms with Gasteiger partial charge in [-0.25, -0.2) is 4.79 Å². The zero-order chi connectivity index (χ0) is 18.2. The van der Waals surface area contributed by atoms with E-state index in [4.69, 9.17) is 21.1 Å². The highest BCUT2D eigenvalue weighted by Gasteiger charge is 2.12. The number of carbonyl (C=O) groups excluding carboxylic acids is 1. The van der Waals surface area contributed by atoms with E-state index in [-0.39, 0.29) is 18.4 Å². The maximum atomic E-state index is 11.6. The summed E-state index contributed by atoms with van der Waals surface area (Å²) < 4.78 is 11.0. The molecule has 0 saturated carbocycles. The summed E-state index contributed by atoms with van der Waals surface area (Å²) in [6.45, 7) is 0.534. The number of hydrogen-bond donors (Lipinski definition) is 1. The minimum absolute atomic E-state index is 0. The van der Waals surface area contributed by atoms with Gasteiger partial charge in [0.05, 0.1) is 11.6 Å². The summed E-state index contributed by atoms with van der Waals surface area (Å²) in [6.07, 6.45) is 0.379. The molecule has 1 N–H and O–H groups in total. The van der Waals surface area contributed by atoms with Crippen LogP contribution >= 0.6 is 24.0 Å². The second-order valence-corrected chi connectivity index (χ2v) is 6.15. The van der Waals surface area contributed by atoms with Crippen molar-refractivity contribution in [2.24, 2.45) is 0 Å². The van der Waals surface area contributed by atoms with Crippen molar-refractivity contribution in [2.45, 2.75) is 12.5 Å². The Bertz CT molecular complexity index is 693. The highest BCUT2D eigenvalue weighted by Crippen LogP contribution is 2.25. The lowest BCUT2D eigenvalue weighted by Crippen LogP contribution is -2.25. The Morgan fingerprint density at radius 1 is 1.15 bits per heavy atom. The first-order valence-corrected chi connectivity index (χ1v) is 8.42. The molecule has 0 bridgehead atoms. The molecule has 0 radical (unpaired) electrons. The second kappa shape index (κ2) is 10.9. The SMILES string of the molecule is CNC(CCOc1ccccc1Cl)c1ccc(OC(=O)N(C)C)cc1.Cl. The molecule has 0 heterocycles. The van der Waals surface area contributed by atoms with Gasteiger partial charge in [0.1, 0.15) is 11.5 Å². The molecule has 0 fully saturated rings. The number of halogens is 2. The fraction of sp³-hybridized carbons (Fsp3) is 0.316. The standard InChI is InChI=1S/C19H23ClN2O3.ClH/c1-21-17(12-13-24-18-7-5-4-6-16(18)20)14-8-10-15(11-9-14)25-19(23)22(2)3;/h4-11,17,21H,12-13H2,1-3H3;1H. The molecular formula is C19H24Cl2N2O3. The number of ether oxygens (including phenoxy) is 2. The van der Waals surface area contributed by atoms with Crippen molar-refractivity contribution in [3.8, 4) is 11.5 Å². The zero-order valence-corrected chi connectivity index (χ0v) is 16.6. The van der Waals surface area contributed by atoms with Crippen LogP contribution in [-0.2, 0) is 0 Å². The first-order chi connectivity index (χ1) is 12.0. The van der Waals surface area contributed by atoms with E-state index in [1.54, 1.807) is 32.3 Å². The molecule has 0 aliphatic rings. The summed E-state index contributed by atoms with van der Waals surface area (Å²) >= 11 is 6.09. The molecule has 1 atom stereocenters. The van der Waals surface area contributed by atoms with Crippen molar-refractivity contribution in [2.75, 3.05) is 27.7 Å². The minimum Gasteiger partial charge on any atom is -0.492 e. The molecule has 0 aromatic heterocycles. The van der Waals surface area contributed by atoms with Crippen molar-refractivity contribution in [1.29, 1.82) is 0 Å². The van der Waals surface area contributed by atoms with Crippen molar-refractivity contribution < 1.29 is 14.3 Å². The molecule has 1 unspecified atom stereocenters. The Kier molecular flexibility index (Phi) is 9.27. The van der Waals surface area contributed by atoms with Gasteiger partial charge in [0, 0.05) is 26.6 Å². The molecule has 2 aromatic carbocycles. The third-order valence-electron chi connectivity index (χ3n) is 3.70. The van der Waals surface area contributed by atoms with Gasteiger partial charge in [-0.3, -0.25) is 0 Å². The number of amides is 1. The van der Waals surface area contributed by atoms with Gasteiger partial charge in [0.2, 0.25) is 0 Å². The van der Waals surface area contributed by atoms with Gasteiger partial charge in [-0.1, -0.05) is 35.9 Å². The molecule has 142 valence electrons. The lowest BCUT2D eigenvalue weighted by molar-refractivity contribution is 0.172. The van der Waals surface area contributed by atoms with Gasteiger partial charge >= 0.3 is 6.09 Å². The molecule has 2 aromatic rings. The number of nitrogens with one attached hydrogen (secondary N) is 1. The number of carbonyl (C=O) groups is 1. The van der Waals surface area contributed by atoms with Crippen molar-refractivity contribution >= 4 is 30.1 Å². The molecule has 0 spiro atoms. The van der Waals surface area contributed by atoms with Crippen LogP contribution in [0.4, 0.5) is 4.79 Å². The summed E-state index contributed by atoms with van der Waals surface area (Å²) in [6, 6.07) is 15.0. The van der Waals surface area contributed by atoms with Crippen LogP contribution < -0.4 is 14.8 Å². The average Bonchev–Trinajstić information content (AvgIpc) is 2.61. The first-order valence-electron chi connectivity index (χ1n) is 8.05. The molecule has 2 rings (SSSR count). The van der Waals surface area contributed by atoms with Crippen molar-refractivity contribution in [3.05, 3.63) is 59.1 Å². The van der Waals surface area contributed by atoms with Gasteiger partial charge in [0.15, 0.2) is 0 Å². The second-order valence-electron chi connectivity index (χ2n) is 5.74. The van der Waals surface area contributed by atoms with E-state index in [2.05, 4.69) is 5.32 Å². The van der Waals surface area contributed by atoms with Gasteiger partial charge in [-0.15, -0.1) is 12.4 Å². The summed E-state index contributed by atoms with van der Waals surface area (Å²) in [5, 5.41) is 3.88. The maximum absolute atomic E-state index is 11.6. The predicted molar refractivity (Wildman–Crippen MR) is 107 cm³/mol. The molecule has 5 nitrogen and oxygen atoms in total. The quantitative estimate of drug-likeness (QED) is 0.742. The normalized spacial score (nSPS) is 11.2.